The highest BCUT2D eigenvalue weighted by Crippen LogP contribution is 2.41. The number of amides is 1. The summed E-state index contributed by atoms with van der Waals surface area (Å²) in [6.45, 7) is 2.92. The molecule has 2 aliphatic rings. The lowest BCUT2D eigenvalue weighted by atomic mass is 9.85. The smallest absolute Gasteiger partial charge is 0.451 e. The Labute approximate surface area is 216 Å². The number of carbonyl (C=O) groups excluding carboxylic acids is 1. The van der Waals surface area contributed by atoms with Gasteiger partial charge < -0.3 is 14.8 Å². The van der Waals surface area contributed by atoms with Crippen LogP contribution in [0.5, 0.6) is 5.75 Å². The third-order valence-electron chi connectivity index (χ3n) is 6.69. The van der Waals surface area contributed by atoms with E-state index in [4.69, 9.17) is 9.47 Å². The van der Waals surface area contributed by atoms with E-state index in [0.29, 0.717) is 36.0 Å². The molecule has 37 heavy (non-hydrogen) atoms. The zero-order valence-corrected chi connectivity index (χ0v) is 21.1. The van der Waals surface area contributed by atoms with Crippen molar-refractivity contribution in [2.75, 3.05) is 13.2 Å². The Balaban J connectivity index is 1.37. The fourth-order valence-electron chi connectivity index (χ4n) is 4.28. The molecule has 2 fully saturated rings. The van der Waals surface area contributed by atoms with Gasteiger partial charge in [-0.15, -0.1) is 11.3 Å². The van der Waals surface area contributed by atoms with Crippen LogP contribution in [0.15, 0.2) is 36.8 Å². The lowest BCUT2D eigenvalue weighted by molar-refractivity contribution is -0.145. The van der Waals surface area contributed by atoms with E-state index in [1.165, 1.54) is 24.1 Å². The van der Waals surface area contributed by atoms with E-state index >= 15 is 0 Å². The van der Waals surface area contributed by atoms with E-state index in [1.54, 1.807) is 30.4 Å². The fraction of sp³-hybridized carbons (Fsp3) is 0.462. The highest BCUT2D eigenvalue weighted by atomic mass is 32.1. The Morgan fingerprint density at radius 2 is 1.81 bits per heavy atom. The molecule has 1 saturated carbocycles. The molecule has 1 saturated heterocycles. The van der Waals surface area contributed by atoms with Crippen LogP contribution in [0.3, 0.4) is 0 Å². The largest absolute Gasteiger partial charge is 0.490 e. The second-order valence-electron chi connectivity index (χ2n) is 9.40. The summed E-state index contributed by atoms with van der Waals surface area (Å²) < 4.78 is 50.0. The van der Waals surface area contributed by atoms with Crippen LogP contribution in [0.1, 0.15) is 77.6 Å². The average molecular weight is 533 g/mol. The summed E-state index contributed by atoms with van der Waals surface area (Å²) >= 11 is 1.63. The van der Waals surface area contributed by atoms with Crippen LogP contribution < -0.4 is 10.1 Å². The molecule has 1 amide bonds. The summed E-state index contributed by atoms with van der Waals surface area (Å²) in [6, 6.07) is 4.75. The molecule has 1 aliphatic carbocycles. The number of hydrogen-bond acceptors (Lipinski definition) is 7. The molecule has 3 aromatic rings. The van der Waals surface area contributed by atoms with Crippen molar-refractivity contribution in [1.29, 1.82) is 0 Å². The Morgan fingerprint density at radius 3 is 2.46 bits per heavy atom. The van der Waals surface area contributed by atoms with Gasteiger partial charge in [-0.3, -0.25) is 4.79 Å². The van der Waals surface area contributed by atoms with Crippen molar-refractivity contribution in [1.82, 2.24) is 20.3 Å². The lowest BCUT2D eigenvalue weighted by Gasteiger charge is -2.24. The number of halogens is 3. The van der Waals surface area contributed by atoms with Crippen molar-refractivity contribution in [3.05, 3.63) is 58.6 Å². The molecule has 0 spiro atoms. The lowest BCUT2D eigenvalue weighted by Crippen LogP contribution is -2.28. The maximum absolute atomic E-state index is 13.2. The number of carbonyl (C=O) groups is 1. The first-order chi connectivity index (χ1) is 17.8. The average Bonchev–Trinajstić information content (AvgIpc) is 3.32. The van der Waals surface area contributed by atoms with Gasteiger partial charge in [-0.1, -0.05) is 6.42 Å². The summed E-state index contributed by atoms with van der Waals surface area (Å²) in [6.07, 6.45) is 4.55. The molecule has 1 atom stereocenters. The Kier molecular flexibility index (Phi) is 7.43. The van der Waals surface area contributed by atoms with Crippen molar-refractivity contribution in [3.8, 4) is 16.3 Å². The van der Waals surface area contributed by atoms with Crippen molar-refractivity contribution in [3.63, 3.8) is 0 Å². The SMILES string of the molecule is C[C@@H](NC(=O)c1cc(OC2CCOCC2)cc(-c2ncc(C3CCC3)s2)c1)c1cnc(C(F)(F)F)nc1. The second-order valence-corrected chi connectivity index (χ2v) is 10.5. The van der Waals surface area contributed by atoms with Crippen molar-refractivity contribution < 1.29 is 27.4 Å². The van der Waals surface area contributed by atoms with Crippen LogP contribution in [0.2, 0.25) is 0 Å². The normalized spacial score (nSPS) is 17.7. The molecule has 7 nitrogen and oxygen atoms in total. The topological polar surface area (TPSA) is 86.2 Å². The third-order valence-corrected chi connectivity index (χ3v) is 7.90. The highest BCUT2D eigenvalue weighted by molar-refractivity contribution is 7.15. The molecule has 196 valence electrons. The van der Waals surface area contributed by atoms with E-state index in [9.17, 15) is 18.0 Å². The van der Waals surface area contributed by atoms with E-state index < -0.39 is 18.0 Å². The van der Waals surface area contributed by atoms with E-state index in [1.807, 2.05) is 12.3 Å². The molecule has 0 unspecified atom stereocenters. The first-order valence-electron chi connectivity index (χ1n) is 12.3. The monoisotopic (exact) mass is 532 g/mol. The van der Waals surface area contributed by atoms with Gasteiger partial charge in [-0.05, 0) is 43.9 Å². The summed E-state index contributed by atoms with van der Waals surface area (Å²) in [5.74, 6) is -0.480. The molecule has 1 aliphatic heterocycles. The zero-order chi connectivity index (χ0) is 26.0. The molecule has 0 radical (unpaired) electrons. The minimum atomic E-state index is -4.62. The van der Waals surface area contributed by atoms with E-state index in [0.717, 1.165) is 35.8 Å². The summed E-state index contributed by atoms with van der Waals surface area (Å²) in [4.78, 5) is 25.9. The van der Waals surface area contributed by atoms with Gasteiger partial charge in [0.05, 0.1) is 19.3 Å². The predicted molar refractivity (Wildman–Crippen MR) is 132 cm³/mol. The maximum Gasteiger partial charge on any atom is 0.451 e. The number of rotatable bonds is 7. The van der Waals surface area contributed by atoms with Crippen molar-refractivity contribution >= 4 is 17.2 Å². The number of nitrogens with zero attached hydrogens (tertiary/aromatic N) is 3. The van der Waals surface area contributed by atoms with Crippen LogP contribution >= 0.6 is 11.3 Å². The number of benzene rings is 1. The maximum atomic E-state index is 13.2. The summed E-state index contributed by atoms with van der Waals surface area (Å²) in [5.41, 5.74) is 1.52. The van der Waals surface area contributed by atoms with Crippen LogP contribution in [-0.4, -0.2) is 40.2 Å². The molecule has 11 heteroatoms. The number of nitrogens with one attached hydrogen (secondary N) is 1. The number of ether oxygens (including phenoxy) is 2. The van der Waals surface area contributed by atoms with Crippen LogP contribution in [0.4, 0.5) is 13.2 Å². The predicted octanol–water partition coefficient (Wildman–Crippen LogP) is 5.94. The van der Waals surface area contributed by atoms with Gasteiger partial charge in [0.25, 0.3) is 5.91 Å². The van der Waals surface area contributed by atoms with Gasteiger partial charge in [0.2, 0.25) is 5.82 Å². The number of hydrogen-bond donors (Lipinski definition) is 1. The number of alkyl halides is 3. The fourth-order valence-corrected chi connectivity index (χ4v) is 5.35. The van der Waals surface area contributed by atoms with Crippen LogP contribution in [0, 0.1) is 0 Å². The van der Waals surface area contributed by atoms with Crippen LogP contribution in [0.25, 0.3) is 10.6 Å². The Morgan fingerprint density at radius 1 is 1.08 bits per heavy atom. The molecule has 3 heterocycles. The summed E-state index contributed by atoms with van der Waals surface area (Å²) in [5, 5.41) is 3.65. The molecule has 2 aromatic heterocycles. The quantitative estimate of drug-likeness (QED) is 0.406. The first kappa shape index (κ1) is 25.6. The molecule has 0 bridgehead atoms. The first-order valence-corrected chi connectivity index (χ1v) is 13.1. The van der Waals surface area contributed by atoms with Gasteiger partial charge in [-0.2, -0.15) is 13.2 Å². The molecular formula is C26H27F3N4O3S. The van der Waals surface area contributed by atoms with E-state index in [2.05, 4.69) is 20.3 Å². The molecular weight excluding hydrogens is 505 g/mol. The van der Waals surface area contributed by atoms with Crippen LogP contribution in [-0.2, 0) is 10.9 Å². The number of thiazole rings is 1. The Bertz CT molecular complexity index is 1240. The minimum Gasteiger partial charge on any atom is -0.490 e. The molecule has 1 aromatic carbocycles. The van der Waals surface area contributed by atoms with Gasteiger partial charge in [0, 0.05) is 53.0 Å². The van der Waals surface area contributed by atoms with Crippen molar-refractivity contribution in [2.45, 2.75) is 63.3 Å². The van der Waals surface area contributed by atoms with Crippen molar-refractivity contribution in [2.24, 2.45) is 0 Å². The second kappa shape index (κ2) is 10.7. The molecule has 5 rings (SSSR count). The minimum absolute atomic E-state index is 0.00929. The van der Waals surface area contributed by atoms with Gasteiger partial charge >= 0.3 is 6.18 Å². The zero-order valence-electron chi connectivity index (χ0n) is 20.3. The summed E-state index contributed by atoms with van der Waals surface area (Å²) in [7, 11) is 0. The number of aromatic nitrogens is 3. The third kappa shape index (κ3) is 6.10. The van der Waals surface area contributed by atoms with Gasteiger partial charge in [0.1, 0.15) is 16.9 Å². The Hall–Kier alpha value is -3.05. The van der Waals surface area contributed by atoms with Gasteiger partial charge in [0.15, 0.2) is 0 Å². The highest BCUT2D eigenvalue weighted by Gasteiger charge is 2.34. The molecule has 1 N–H and O–H groups in total. The van der Waals surface area contributed by atoms with Gasteiger partial charge in [-0.25, -0.2) is 15.0 Å². The van der Waals surface area contributed by atoms with E-state index in [-0.39, 0.29) is 12.0 Å². The standard InChI is InChI=1S/C26H27F3N4O3S/c1-15(19-12-31-25(32-13-19)26(27,28)29)33-23(34)17-9-18(24-30-14-22(37-24)16-3-2-4-16)11-21(10-17)36-20-5-7-35-8-6-20/h9-16,20H,2-8H2,1H3,(H,33,34)/t15-/m1/s1.